The van der Waals surface area contributed by atoms with Crippen molar-refractivity contribution in [1.82, 2.24) is 30.7 Å². The summed E-state index contributed by atoms with van der Waals surface area (Å²) in [5.74, 6) is 0.112. The van der Waals surface area contributed by atoms with E-state index in [0.29, 0.717) is 28.1 Å². The highest BCUT2D eigenvalue weighted by Crippen LogP contribution is 2.23. The van der Waals surface area contributed by atoms with Crippen LogP contribution in [0.1, 0.15) is 27.3 Å². The molecule has 11 nitrogen and oxygen atoms in total. The Balaban J connectivity index is 1.37. The first-order valence-corrected chi connectivity index (χ1v) is 10.2. The number of ether oxygens (including phenoxy) is 1. The van der Waals surface area contributed by atoms with E-state index in [1.807, 2.05) is 6.07 Å². The lowest BCUT2D eigenvalue weighted by molar-refractivity contribution is 0.0946. The highest BCUT2D eigenvalue weighted by molar-refractivity contribution is 6.35. The van der Waals surface area contributed by atoms with Crippen molar-refractivity contribution in [2.24, 2.45) is 5.10 Å². The molecule has 1 amide bonds. The van der Waals surface area contributed by atoms with E-state index in [9.17, 15) is 4.79 Å². The molecule has 168 valence electrons. The molecule has 2 aromatic carbocycles. The molecule has 0 unspecified atom stereocenters. The number of halogens is 2. The minimum atomic E-state index is -0.559. The molecule has 0 fully saturated rings. The van der Waals surface area contributed by atoms with Crippen LogP contribution in [0.25, 0.3) is 5.82 Å². The number of nitrogens with two attached hydrogens (primary N) is 1. The Bertz CT molecular complexity index is 1320. The number of hydrazone groups is 1. The number of nitrogens with one attached hydrogen (secondary N) is 1. The number of hydrogen-bond acceptors (Lipinski definition) is 9. The number of anilines is 1. The molecular formula is C20H16Cl2N8O3. The van der Waals surface area contributed by atoms with Crippen LogP contribution in [-0.2, 0) is 6.61 Å². The Kier molecular flexibility index (Phi) is 6.52. The molecule has 0 aliphatic rings. The Labute approximate surface area is 197 Å². The summed E-state index contributed by atoms with van der Waals surface area (Å²) in [5, 5.41) is 19.9. The highest BCUT2D eigenvalue weighted by atomic mass is 35.5. The fourth-order valence-electron chi connectivity index (χ4n) is 2.77. The Morgan fingerprint density at radius 3 is 2.73 bits per heavy atom. The molecule has 0 radical (unpaired) electrons. The maximum atomic E-state index is 12.6. The second-order valence-electron chi connectivity index (χ2n) is 6.70. The van der Waals surface area contributed by atoms with Crippen molar-refractivity contribution in [3.05, 3.63) is 75.0 Å². The fraction of sp³-hybridized carbons (Fsp3) is 0.100. The van der Waals surface area contributed by atoms with Crippen LogP contribution in [0.4, 0.5) is 5.82 Å². The van der Waals surface area contributed by atoms with Gasteiger partial charge in [0.15, 0.2) is 5.69 Å². The Hall–Kier alpha value is -3.96. The van der Waals surface area contributed by atoms with Gasteiger partial charge in [-0.3, -0.25) is 4.79 Å². The summed E-state index contributed by atoms with van der Waals surface area (Å²) in [4.78, 5) is 12.6. The average molecular weight is 487 g/mol. The van der Waals surface area contributed by atoms with E-state index < -0.39 is 5.91 Å². The molecule has 0 aliphatic carbocycles. The van der Waals surface area contributed by atoms with Crippen molar-refractivity contribution in [3.8, 4) is 11.6 Å². The minimum Gasteiger partial charge on any atom is -0.489 e. The van der Waals surface area contributed by atoms with Crippen LogP contribution in [0, 0.1) is 6.92 Å². The number of carbonyl (C=O) groups is 1. The number of nitrogen functional groups attached to an aromatic ring is 1. The van der Waals surface area contributed by atoms with Crippen molar-refractivity contribution < 1.29 is 14.2 Å². The lowest BCUT2D eigenvalue weighted by Crippen LogP contribution is -2.22. The lowest BCUT2D eigenvalue weighted by Gasteiger charge is -2.08. The molecule has 2 heterocycles. The lowest BCUT2D eigenvalue weighted by atomic mass is 10.2. The number of aryl methyl sites for hydroxylation is 1. The zero-order chi connectivity index (χ0) is 23.4. The maximum Gasteiger partial charge on any atom is 0.292 e. The normalized spacial score (nSPS) is 11.1. The summed E-state index contributed by atoms with van der Waals surface area (Å²) in [6, 6.07) is 12.3. The first-order valence-electron chi connectivity index (χ1n) is 9.43. The zero-order valence-electron chi connectivity index (χ0n) is 17.1. The van der Waals surface area contributed by atoms with Crippen LogP contribution >= 0.6 is 23.2 Å². The second-order valence-corrected chi connectivity index (χ2v) is 7.54. The third kappa shape index (κ3) is 5.10. The van der Waals surface area contributed by atoms with E-state index in [2.05, 4.69) is 35.8 Å². The monoisotopic (exact) mass is 486 g/mol. The van der Waals surface area contributed by atoms with Gasteiger partial charge in [-0.2, -0.15) is 9.78 Å². The number of carbonyl (C=O) groups excluding carboxylic acids is 1. The average Bonchev–Trinajstić information content (AvgIpc) is 3.39. The Morgan fingerprint density at radius 1 is 1.24 bits per heavy atom. The van der Waals surface area contributed by atoms with Crippen LogP contribution in [0.5, 0.6) is 5.75 Å². The smallest absolute Gasteiger partial charge is 0.292 e. The van der Waals surface area contributed by atoms with E-state index >= 15 is 0 Å². The van der Waals surface area contributed by atoms with Gasteiger partial charge in [0.1, 0.15) is 12.4 Å². The van der Waals surface area contributed by atoms with Crippen molar-refractivity contribution in [2.75, 3.05) is 5.73 Å². The molecule has 0 saturated carbocycles. The van der Waals surface area contributed by atoms with Crippen molar-refractivity contribution in [1.29, 1.82) is 0 Å². The summed E-state index contributed by atoms with van der Waals surface area (Å²) in [5.41, 5.74) is 10.1. The summed E-state index contributed by atoms with van der Waals surface area (Å²) < 4.78 is 11.4. The van der Waals surface area contributed by atoms with E-state index in [1.54, 1.807) is 43.3 Å². The van der Waals surface area contributed by atoms with Crippen molar-refractivity contribution in [3.63, 3.8) is 0 Å². The fourth-order valence-corrected chi connectivity index (χ4v) is 3.24. The van der Waals surface area contributed by atoms with Crippen LogP contribution in [0.2, 0.25) is 10.0 Å². The van der Waals surface area contributed by atoms with E-state index in [4.69, 9.17) is 33.7 Å². The van der Waals surface area contributed by atoms with Crippen LogP contribution in [0.3, 0.4) is 0 Å². The summed E-state index contributed by atoms with van der Waals surface area (Å²) >= 11 is 12.1. The van der Waals surface area contributed by atoms with Gasteiger partial charge in [0.05, 0.1) is 11.9 Å². The predicted octanol–water partition coefficient (Wildman–Crippen LogP) is 3.19. The number of aromatic nitrogens is 5. The van der Waals surface area contributed by atoms with Crippen LogP contribution in [0.15, 0.2) is 52.2 Å². The molecular weight excluding hydrogens is 471 g/mol. The maximum absolute atomic E-state index is 12.6. The first-order chi connectivity index (χ1) is 15.9. The molecule has 0 bridgehead atoms. The molecule has 0 atom stereocenters. The molecule has 3 N–H and O–H groups in total. The van der Waals surface area contributed by atoms with Crippen molar-refractivity contribution >= 4 is 41.1 Å². The topological polar surface area (TPSA) is 146 Å². The van der Waals surface area contributed by atoms with E-state index in [-0.39, 0.29) is 17.3 Å². The van der Waals surface area contributed by atoms with Gasteiger partial charge in [-0.25, -0.2) is 10.1 Å². The van der Waals surface area contributed by atoms with Gasteiger partial charge in [0, 0.05) is 15.6 Å². The molecule has 4 aromatic rings. The Morgan fingerprint density at radius 2 is 2.03 bits per heavy atom. The third-order valence-electron chi connectivity index (χ3n) is 4.42. The number of rotatable bonds is 7. The van der Waals surface area contributed by atoms with Gasteiger partial charge in [0.2, 0.25) is 11.6 Å². The predicted molar refractivity (Wildman–Crippen MR) is 121 cm³/mol. The summed E-state index contributed by atoms with van der Waals surface area (Å²) in [6.07, 6.45) is 1.48. The highest BCUT2D eigenvalue weighted by Gasteiger charge is 2.22. The number of hydrogen-bond donors (Lipinski definition) is 2. The third-order valence-corrected chi connectivity index (χ3v) is 5.01. The number of amides is 1. The molecule has 4 rings (SSSR count). The number of benzene rings is 2. The molecule has 2 aromatic heterocycles. The largest absolute Gasteiger partial charge is 0.489 e. The minimum absolute atomic E-state index is 0.0295. The number of nitrogens with zero attached hydrogens (tertiary/aromatic N) is 6. The molecule has 33 heavy (non-hydrogen) atoms. The van der Waals surface area contributed by atoms with Gasteiger partial charge < -0.3 is 10.5 Å². The quantitative estimate of drug-likeness (QED) is 0.299. The SMILES string of the molecule is Cc1nnn(-c2nonc2N)c1C(=O)N/N=C\c1ccc(OCc2ccc(Cl)cc2Cl)cc1. The van der Waals surface area contributed by atoms with Gasteiger partial charge in [0.25, 0.3) is 5.91 Å². The zero-order valence-corrected chi connectivity index (χ0v) is 18.6. The second kappa shape index (κ2) is 9.67. The van der Waals surface area contributed by atoms with Gasteiger partial charge in [-0.15, -0.1) is 5.10 Å². The van der Waals surface area contributed by atoms with Gasteiger partial charge in [-0.05, 0) is 59.2 Å². The first kappa shape index (κ1) is 22.2. The van der Waals surface area contributed by atoms with E-state index in [1.165, 1.54) is 6.21 Å². The molecule has 13 heteroatoms. The van der Waals surface area contributed by atoms with Gasteiger partial charge >= 0.3 is 0 Å². The van der Waals surface area contributed by atoms with Crippen LogP contribution < -0.4 is 15.9 Å². The van der Waals surface area contributed by atoms with Gasteiger partial charge in [-0.1, -0.05) is 34.5 Å². The summed E-state index contributed by atoms with van der Waals surface area (Å²) in [6.45, 7) is 1.91. The van der Waals surface area contributed by atoms with Crippen LogP contribution in [-0.4, -0.2) is 37.4 Å². The van der Waals surface area contributed by atoms with Crippen molar-refractivity contribution in [2.45, 2.75) is 13.5 Å². The molecule has 0 aliphatic heterocycles. The standard InChI is InChI=1S/C20H16Cl2N8O3/c1-11-17(30(29-25-11)19-18(23)27-33-28-19)20(31)26-24-9-12-2-6-15(7-3-12)32-10-13-4-5-14(21)8-16(13)22/h2-9H,10H2,1H3,(H2,23,27)(H,26,31)/b24-9-. The molecule has 0 spiro atoms. The molecule has 0 saturated heterocycles. The van der Waals surface area contributed by atoms with E-state index in [0.717, 1.165) is 15.8 Å². The summed E-state index contributed by atoms with van der Waals surface area (Å²) in [7, 11) is 0.